The molecule has 1 rings (SSSR count). The summed E-state index contributed by atoms with van der Waals surface area (Å²) in [6.07, 6.45) is 2.45. The number of hydrogen-bond donors (Lipinski definition) is 2. The Balaban J connectivity index is 2.45. The molecule has 0 aliphatic rings. The van der Waals surface area contributed by atoms with Crippen molar-refractivity contribution < 1.29 is 13.9 Å². The van der Waals surface area contributed by atoms with Crippen LogP contribution in [-0.4, -0.2) is 23.1 Å². The van der Waals surface area contributed by atoms with Crippen LogP contribution >= 0.6 is 0 Å². The standard InChI is InChI=1S/C12H18FN3O2/c1-12(2,3)18-11(17)7-15-4-8-9(13)5-16-6-10(8)14/h5-6,15H,4,7,14H2,1-3H3. The molecule has 1 aromatic heterocycles. The minimum atomic E-state index is -0.528. The van der Waals surface area contributed by atoms with Crippen LogP contribution in [0.1, 0.15) is 26.3 Å². The zero-order valence-corrected chi connectivity index (χ0v) is 10.8. The monoisotopic (exact) mass is 255 g/mol. The average Bonchev–Trinajstić information content (AvgIpc) is 2.19. The van der Waals surface area contributed by atoms with Gasteiger partial charge in [-0.15, -0.1) is 0 Å². The Labute approximate surface area is 106 Å². The highest BCUT2D eigenvalue weighted by Crippen LogP contribution is 2.13. The molecule has 0 fully saturated rings. The van der Waals surface area contributed by atoms with Crippen LogP contribution in [0.2, 0.25) is 0 Å². The van der Waals surface area contributed by atoms with Crippen LogP contribution in [0.15, 0.2) is 12.4 Å². The molecule has 1 heterocycles. The third-order valence-corrected chi connectivity index (χ3v) is 2.03. The number of anilines is 1. The predicted molar refractivity (Wildman–Crippen MR) is 66.2 cm³/mol. The first-order chi connectivity index (χ1) is 8.29. The largest absolute Gasteiger partial charge is 0.459 e. The summed E-state index contributed by atoms with van der Waals surface area (Å²) in [6, 6.07) is 0. The van der Waals surface area contributed by atoms with E-state index >= 15 is 0 Å². The average molecular weight is 255 g/mol. The van der Waals surface area contributed by atoms with Crippen LogP contribution in [0, 0.1) is 5.82 Å². The van der Waals surface area contributed by atoms with Crippen molar-refractivity contribution in [3.05, 3.63) is 23.8 Å². The van der Waals surface area contributed by atoms with E-state index in [1.165, 1.54) is 6.20 Å². The Kier molecular flexibility index (Phi) is 4.61. The number of nitrogen functional groups attached to an aromatic ring is 1. The van der Waals surface area contributed by atoms with E-state index in [9.17, 15) is 9.18 Å². The Morgan fingerprint density at radius 2 is 2.17 bits per heavy atom. The highest BCUT2D eigenvalue weighted by Gasteiger charge is 2.16. The first kappa shape index (κ1) is 14.4. The fourth-order valence-corrected chi connectivity index (χ4v) is 1.33. The smallest absolute Gasteiger partial charge is 0.320 e. The lowest BCUT2D eigenvalue weighted by molar-refractivity contribution is -0.153. The summed E-state index contributed by atoms with van der Waals surface area (Å²) < 4.78 is 18.4. The van der Waals surface area contributed by atoms with Crippen molar-refractivity contribution in [3.63, 3.8) is 0 Å². The van der Waals surface area contributed by atoms with Gasteiger partial charge in [0.15, 0.2) is 0 Å². The van der Waals surface area contributed by atoms with E-state index in [0.717, 1.165) is 6.20 Å². The van der Waals surface area contributed by atoms with Gasteiger partial charge in [0, 0.05) is 12.1 Å². The number of carbonyl (C=O) groups is 1. The van der Waals surface area contributed by atoms with Crippen molar-refractivity contribution in [1.29, 1.82) is 0 Å². The molecule has 100 valence electrons. The van der Waals surface area contributed by atoms with E-state index in [2.05, 4.69) is 10.3 Å². The SMILES string of the molecule is CC(C)(C)OC(=O)CNCc1c(N)cncc1F. The van der Waals surface area contributed by atoms with E-state index in [-0.39, 0.29) is 18.8 Å². The van der Waals surface area contributed by atoms with Gasteiger partial charge in [0.25, 0.3) is 0 Å². The molecule has 0 atom stereocenters. The molecular weight excluding hydrogens is 237 g/mol. The molecular formula is C12H18FN3O2. The second-order valence-corrected chi connectivity index (χ2v) is 4.88. The maximum Gasteiger partial charge on any atom is 0.320 e. The highest BCUT2D eigenvalue weighted by molar-refractivity contribution is 5.72. The number of pyridine rings is 1. The van der Waals surface area contributed by atoms with Crippen molar-refractivity contribution in [2.45, 2.75) is 32.9 Å². The molecule has 0 aliphatic carbocycles. The molecule has 5 nitrogen and oxygen atoms in total. The number of nitrogens with two attached hydrogens (primary N) is 1. The van der Waals surface area contributed by atoms with Gasteiger partial charge < -0.3 is 15.8 Å². The molecule has 1 aromatic rings. The van der Waals surface area contributed by atoms with E-state index in [1.807, 2.05) is 0 Å². The predicted octanol–water partition coefficient (Wildman–Crippen LogP) is 1.23. The number of ether oxygens (including phenoxy) is 1. The molecule has 18 heavy (non-hydrogen) atoms. The molecule has 0 unspecified atom stereocenters. The molecule has 6 heteroatoms. The molecule has 0 spiro atoms. The molecule has 0 amide bonds. The molecule has 0 bridgehead atoms. The van der Waals surface area contributed by atoms with Gasteiger partial charge in [-0.1, -0.05) is 0 Å². The number of carbonyl (C=O) groups excluding carboxylic acids is 1. The Hall–Kier alpha value is -1.69. The van der Waals surface area contributed by atoms with Gasteiger partial charge in [-0.05, 0) is 20.8 Å². The summed E-state index contributed by atoms with van der Waals surface area (Å²) >= 11 is 0. The van der Waals surface area contributed by atoms with Crippen molar-refractivity contribution in [2.75, 3.05) is 12.3 Å². The van der Waals surface area contributed by atoms with Crippen molar-refractivity contribution in [2.24, 2.45) is 0 Å². The summed E-state index contributed by atoms with van der Waals surface area (Å²) in [7, 11) is 0. The lowest BCUT2D eigenvalue weighted by atomic mass is 10.2. The number of rotatable bonds is 4. The zero-order valence-electron chi connectivity index (χ0n) is 10.8. The minimum absolute atomic E-state index is 0.00152. The summed E-state index contributed by atoms with van der Waals surface area (Å²) in [4.78, 5) is 15.0. The zero-order chi connectivity index (χ0) is 13.8. The Morgan fingerprint density at radius 1 is 1.50 bits per heavy atom. The van der Waals surface area contributed by atoms with Crippen LogP contribution in [0.3, 0.4) is 0 Å². The van der Waals surface area contributed by atoms with Gasteiger partial charge in [-0.3, -0.25) is 9.78 Å². The summed E-state index contributed by atoms with van der Waals surface area (Å²) in [5.74, 6) is -0.887. The molecule has 0 aliphatic heterocycles. The second-order valence-electron chi connectivity index (χ2n) is 4.88. The topological polar surface area (TPSA) is 77.2 Å². The van der Waals surface area contributed by atoms with Crippen molar-refractivity contribution >= 4 is 11.7 Å². The van der Waals surface area contributed by atoms with Gasteiger partial charge in [0.2, 0.25) is 0 Å². The Bertz CT molecular complexity index is 410. The summed E-state index contributed by atoms with van der Waals surface area (Å²) in [5, 5.41) is 2.78. The maximum atomic E-state index is 13.3. The number of halogens is 1. The van der Waals surface area contributed by atoms with E-state index < -0.39 is 17.4 Å². The van der Waals surface area contributed by atoms with Crippen LogP contribution < -0.4 is 11.1 Å². The first-order valence-corrected chi connectivity index (χ1v) is 5.60. The molecule has 0 radical (unpaired) electrons. The van der Waals surface area contributed by atoms with Gasteiger partial charge >= 0.3 is 5.97 Å². The lowest BCUT2D eigenvalue weighted by Crippen LogP contribution is -2.31. The molecule has 0 saturated carbocycles. The van der Waals surface area contributed by atoms with Crippen LogP contribution in [-0.2, 0) is 16.1 Å². The van der Waals surface area contributed by atoms with Crippen LogP contribution in [0.4, 0.5) is 10.1 Å². The first-order valence-electron chi connectivity index (χ1n) is 5.60. The number of nitrogens with one attached hydrogen (secondary N) is 1. The van der Waals surface area contributed by atoms with Gasteiger partial charge in [0.05, 0.1) is 24.6 Å². The number of nitrogens with zero attached hydrogens (tertiary/aromatic N) is 1. The fraction of sp³-hybridized carbons (Fsp3) is 0.500. The normalized spacial score (nSPS) is 11.3. The highest BCUT2D eigenvalue weighted by atomic mass is 19.1. The van der Waals surface area contributed by atoms with E-state index in [1.54, 1.807) is 20.8 Å². The number of aromatic nitrogens is 1. The van der Waals surface area contributed by atoms with Crippen molar-refractivity contribution in [1.82, 2.24) is 10.3 Å². The van der Waals surface area contributed by atoms with Crippen LogP contribution in [0.5, 0.6) is 0 Å². The molecule has 0 aromatic carbocycles. The summed E-state index contributed by atoms with van der Waals surface area (Å²) in [6.45, 7) is 5.50. The third kappa shape index (κ3) is 4.67. The van der Waals surface area contributed by atoms with Gasteiger partial charge in [-0.2, -0.15) is 0 Å². The number of esters is 1. The molecule has 3 N–H and O–H groups in total. The van der Waals surface area contributed by atoms with Crippen molar-refractivity contribution in [3.8, 4) is 0 Å². The van der Waals surface area contributed by atoms with E-state index in [4.69, 9.17) is 10.5 Å². The van der Waals surface area contributed by atoms with Crippen LogP contribution in [0.25, 0.3) is 0 Å². The van der Waals surface area contributed by atoms with Gasteiger partial charge in [0.1, 0.15) is 11.4 Å². The quantitative estimate of drug-likeness (QED) is 0.791. The lowest BCUT2D eigenvalue weighted by Gasteiger charge is -2.19. The fourth-order valence-electron chi connectivity index (χ4n) is 1.33. The van der Waals surface area contributed by atoms with Gasteiger partial charge in [-0.25, -0.2) is 4.39 Å². The molecule has 0 saturated heterocycles. The number of hydrogen-bond acceptors (Lipinski definition) is 5. The maximum absolute atomic E-state index is 13.3. The third-order valence-electron chi connectivity index (χ3n) is 2.03. The minimum Gasteiger partial charge on any atom is -0.459 e. The Morgan fingerprint density at radius 3 is 2.72 bits per heavy atom. The van der Waals surface area contributed by atoms with E-state index in [0.29, 0.717) is 5.56 Å². The second kappa shape index (κ2) is 5.77. The summed E-state index contributed by atoms with van der Waals surface area (Å²) in [5.41, 5.74) is 5.61.